The van der Waals surface area contributed by atoms with Crippen molar-refractivity contribution in [3.05, 3.63) is 28.8 Å². The summed E-state index contributed by atoms with van der Waals surface area (Å²) in [5.41, 5.74) is 0.669. The fourth-order valence-corrected chi connectivity index (χ4v) is 4.17. The molecule has 1 heterocycles. The van der Waals surface area contributed by atoms with E-state index in [9.17, 15) is 8.42 Å². The highest BCUT2D eigenvalue weighted by Gasteiger charge is 2.25. The first-order chi connectivity index (χ1) is 8.88. The van der Waals surface area contributed by atoms with E-state index in [1.807, 2.05) is 0 Å². The normalized spacial score (nSPS) is 24.4. The van der Waals surface area contributed by atoms with Gasteiger partial charge in [-0.3, -0.25) is 0 Å². The van der Waals surface area contributed by atoms with Gasteiger partial charge in [-0.1, -0.05) is 11.6 Å². The van der Waals surface area contributed by atoms with Gasteiger partial charge in [0.1, 0.15) is 0 Å². The minimum atomic E-state index is -3.47. The molecule has 1 saturated heterocycles. The van der Waals surface area contributed by atoms with E-state index >= 15 is 0 Å². The van der Waals surface area contributed by atoms with Crippen LogP contribution in [0.5, 0.6) is 0 Å². The second kappa shape index (κ2) is 5.79. The summed E-state index contributed by atoms with van der Waals surface area (Å²) in [5.74, 6) is 0. The van der Waals surface area contributed by atoms with Crippen molar-refractivity contribution >= 4 is 21.6 Å². The van der Waals surface area contributed by atoms with Crippen molar-refractivity contribution in [2.75, 3.05) is 6.54 Å². The molecule has 1 aliphatic rings. The molecule has 2 N–H and O–H groups in total. The van der Waals surface area contributed by atoms with Crippen LogP contribution in [0.1, 0.15) is 25.3 Å². The Kier molecular flexibility index (Phi) is 4.50. The zero-order valence-corrected chi connectivity index (χ0v) is 12.7. The van der Waals surface area contributed by atoms with E-state index in [2.05, 4.69) is 17.0 Å². The number of piperidine rings is 1. The minimum absolute atomic E-state index is 0.00340. The topological polar surface area (TPSA) is 58.2 Å². The number of aryl methyl sites for hydroxylation is 1. The Morgan fingerprint density at radius 3 is 2.79 bits per heavy atom. The van der Waals surface area contributed by atoms with Crippen LogP contribution < -0.4 is 10.0 Å². The van der Waals surface area contributed by atoms with Crippen LogP contribution in [0, 0.1) is 6.92 Å². The van der Waals surface area contributed by atoms with Crippen LogP contribution in [0.3, 0.4) is 0 Å². The van der Waals surface area contributed by atoms with Gasteiger partial charge in [0.25, 0.3) is 0 Å². The van der Waals surface area contributed by atoms with Gasteiger partial charge in [0, 0.05) is 17.1 Å². The van der Waals surface area contributed by atoms with Gasteiger partial charge in [0.15, 0.2) is 0 Å². The maximum Gasteiger partial charge on any atom is 0.241 e. The standard InChI is InChI=1S/C13H19ClN2O2S/c1-9-7-11(14)3-4-13(9)19(17,18)16-12-5-6-15-10(2)8-12/h3-4,7,10,12,15-16H,5-6,8H2,1-2H3. The molecule has 1 aliphatic heterocycles. The highest BCUT2D eigenvalue weighted by atomic mass is 35.5. The third kappa shape index (κ3) is 3.69. The average Bonchev–Trinajstić information content (AvgIpc) is 2.27. The van der Waals surface area contributed by atoms with Gasteiger partial charge in [-0.2, -0.15) is 0 Å². The van der Waals surface area contributed by atoms with Crippen molar-refractivity contribution in [2.45, 2.75) is 43.7 Å². The molecule has 0 aliphatic carbocycles. The van der Waals surface area contributed by atoms with E-state index in [-0.39, 0.29) is 6.04 Å². The molecule has 0 saturated carbocycles. The van der Waals surface area contributed by atoms with E-state index in [1.165, 1.54) is 0 Å². The number of sulfonamides is 1. The minimum Gasteiger partial charge on any atom is -0.314 e. The fourth-order valence-electron chi connectivity index (χ4n) is 2.44. The van der Waals surface area contributed by atoms with Crippen molar-refractivity contribution in [3.63, 3.8) is 0 Å². The molecule has 1 aromatic rings. The fraction of sp³-hybridized carbons (Fsp3) is 0.538. The Hall–Kier alpha value is -0.620. The second-order valence-corrected chi connectivity index (χ2v) is 7.23. The highest BCUT2D eigenvalue weighted by molar-refractivity contribution is 7.89. The van der Waals surface area contributed by atoms with Crippen LogP contribution in [0.4, 0.5) is 0 Å². The SMILES string of the molecule is Cc1cc(Cl)ccc1S(=O)(=O)NC1CCNC(C)C1. The van der Waals surface area contributed by atoms with E-state index in [1.54, 1.807) is 25.1 Å². The van der Waals surface area contributed by atoms with Crippen LogP contribution >= 0.6 is 11.6 Å². The second-order valence-electron chi connectivity index (χ2n) is 5.11. The van der Waals surface area contributed by atoms with Crippen molar-refractivity contribution in [3.8, 4) is 0 Å². The lowest BCUT2D eigenvalue weighted by atomic mass is 10.0. The Bertz CT molecular complexity index is 560. The molecule has 0 aromatic heterocycles. The van der Waals surface area contributed by atoms with E-state index < -0.39 is 10.0 Å². The van der Waals surface area contributed by atoms with Crippen molar-refractivity contribution in [1.29, 1.82) is 0 Å². The average molecular weight is 303 g/mol. The molecule has 0 spiro atoms. The van der Waals surface area contributed by atoms with Crippen LogP contribution in [-0.2, 0) is 10.0 Å². The molecule has 106 valence electrons. The molecule has 2 rings (SSSR count). The number of hydrogen-bond donors (Lipinski definition) is 2. The van der Waals surface area contributed by atoms with Crippen LogP contribution in [0.15, 0.2) is 23.1 Å². The molecular weight excluding hydrogens is 284 g/mol. The van der Waals surface area contributed by atoms with Gasteiger partial charge < -0.3 is 5.32 Å². The molecule has 2 atom stereocenters. The third-order valence-electron chi connectivity index (χ3n) is 3.37. The molecule has 6 heteroatoms. The molecule has 0 bridgehead atoms. The molecule has 2 unspecified atom stereocenters. The molecule has 1 aromatic carbocycles. The summed E-state index contributed by atoms with van der Waals surface area (Å²) < 4.78 is 27.5. The van der Waals surface area contributed by atoms with Crippen molar-refractivity contribution in [1.82, 2.24) is 10.0 Å². The van der Waals surface area contributed by atoms with Crippen LogP contribution in [0.25, 0.3) is 0 Å². The molecular formula is C13H19ClN2O2S. The van der Waals surface area contributed by atoms with Gasteiger partial charge in [-0.05, 0) is 57.0 Å². The Morgan fingerprint density at radius 1 is 1.42 bits per heavy atom. The highest BCUT2D eigenvalue weighted by Crippen LogP contribution is 2.21. The lowest BCUT2D eigenvalue weighted by Gasteiger charge is -2.28. The molecule has 19 heavy (non-hydrogen) atoms. The zero-order chi connectivity index (χ0) is 14.0. The summed E-state index contributed by atoms with van der Waals surface area (Å²) >= 11 is 5.85. The summed E-state index contributed by atoms with van der Waals surface area (Å²) in [6.45, 7) is 4.66. The summed E-state index contributed by atoms with van der Waals surface area (Å²) in [4.78, 5) is 0.308. The first-order valence-electron chi connectivity index (χ1n) is 6.40. The number of nitrogens with one attached hydrogen (secondary N) is 2. The van der Waals surface area contributed by atoms with Crippen molar-refractivity contribution < 1.29 is 8.42 Å². The predicted octanol–water partition coefficient (Wildman–Crippen LogP) is 2.07. The summed E-state index contributed by atoms with van der Waals surface area (Å²) in [6.07, 6.45) is 1.63. The van der Waals surface area contributed by atoms with Gasteiger partial charge in [-0.15, -0.1) is 0 Å². The molecule has 1 fully saturated rings. The lowest BCUT2D eigenvalue weighted by molar-refractivity contribution is 0.361. The van der Waals surface area contributed by atoms with Crippen molar-refractivity contribution in [2.24, 2.45) is 0 Å². The molecule has 0 radical (unpaired) electrons. The Balaban J connectivity index is 2.18. The Labute approximate surface area is 119 Å². The Morgan fingerprint density at radius 2 is 2.16 bits per heavy atom. The summed E-state index contributed by atoms with van der Waals surface area (Å²) in [5, 5.41) is 3.85. The smallest absolute Gasteiger partial charge is 0.241 e. The molecule has 4 nitrogen and oxygen atoms in total. The number of halogens is 1. The summed E-state index contributed by atoms with van der Waals surface area (Å²) in [7, 11) is -3.47. The monoisotopic (exact) mass is 302 g/mol. The number of rotatable bonds is 3. The maximum absolute atomic E-state index is 12.4. The largest absolute Gasteiger partial charge is 0.314 e. The van der Waals surface area contributed by atoms with Gasteiger partial charge in [0.05, 0.1) is 4.90 Å². The molecule has 0 amide bonds. The van der Waals surface area contributed by atoms with E-state index in [4.69, 9.17) is 11.6 Å². The van der Waals surface area contributed by atoms with E-state index in [0.29, 0.717) is 21.5 Å². The first-order valence-corrected chi connectivity index (χ1v) is 8.26. The van der Waals surface area contributed by atoms with E-state index in [0.717, 1.165) is 19.4 Å². The quantitative estimate of drug-likeness (QED) is 0.898. The van der Waals surface area contributed by atoms with Crippen LogP contribution in [-0.4, -0.2) is 27.0 Å². The number of benzene rings is 1. The zero-order valence-electron chi connectivity index (χ0n) is 11.1. The summed E-state index contributed by atoms with van der Waals surface area (Å²) in [6, 6.07) is 5.17. The van der Waals surface area contributed by atoms with Gasteiger partial charge in [0.2, 0.25) is 10.0 Å². The third-order valence-corrected chi connectivity index (χ3v) is 5.29. The number of hydrogen-bond acceptors (Lipinski definition) is 3. The lowest BCUT2D eigenvalue weighted by Crippen LogP contribution is -2.46. The van der Waals surface area contributed by atoms with Crippen LogP contribution in [0.2, 0.25) is 5.02 Å². The predicted molar refractivity (Wildman–Crippen MR) is 77.0 cm³/mol. The van der Waals surface area contributed by atoms with Gasteiger partial charge >= 0.3 is 0 Å². The van der Waals surface area contributed by atoms with Gasteiger partial charge in [-0.25, -0.2) is 13.1 Å². The first kappa shape index (κ1) is 14.8. The maximum atomic E-state index is 12.4.